The second kappa shape index (κ2) is 5.40. The van der Waals surface area contributed by atoms with Gasteiger partial charge >= 0.3 is 0 Å². The van der Waals surface area contributed by atoms with Crippen LogP contribution >= 0.6 is 0 Å². The Morgan fingerprint density at radius 2 is 2.06 bits per heavy atom. The van der Waals surface area contributed by atoms with Crippen LogP contribution in [0.4, 0.5) is 0 Å². The second-order valence-electron chi connectivity index (χ2n) is 5.91. The third kappa shape index (κ3) is 2.18. The van der Waals surface area contributed by atoms with Gasteiger partial charge in [0, 0.05) is 23.9 Å². The highest BCUT2D eigenvalue weighted by Gasteiger charge is 2.34. The second-order valence-corrected chi connectivity index (χ2v) is 5.91. The first-order valence-corrected chi connectivity index (χ1v) is 7.51. The molecule has 0 saturated heterocycles. The minimum Gasteiger partial charge on any atom is -0.316 e. The predicted octanol–water partition coefficient (Wildman–Crippen LogP) is 3.28. The quantitative estimate of drug-likeness (QED) is 0.882. The first kappa shape index (κ1) is 12.2. The van der Waals surface area contributed by atoms with Gasteiger partial charge in [-0.15, -0.1) is 0 Å². The lowest BCUT2D eigenvalue weighted by Crippen LogP contribution is -2.39. The summed E-state index contributed by atoms with van der Waals surface area (Å²) in [6.07, 6.45) is 11.5. The zero-order chi connectivity index (χ0) is 12.4. The van der Waals surface area contributed by atoms with Gasteiger partial charge in [-0.1, -0.05) is 18.9 Å². The number of hydrogen-bond donors (Lipinski definition) is 1. The van der Waals surface area contributed by atoms with E-state index in [1.54, 1.807) is 0 Å². The number of aromatic nitrogens is 1. The van der Waals surface area contributed by atoms with Crippen molar-refractivity contribution in [2.75, 3.05) is 7.05 Å². The van der Waals surface area contributed by atoms with Crippen LogP contribution in [0.5, 0.6) is 0 Å². The normalized spacial score (nSPS) is 25.9. The van der Waals surface area contributed by atoms with Crippen LogP contribution in [0.3, 0.4) is 0 Å². The summed E-state index contributed by atoms with van der Waals surface area (Å²) in [5.74, 6) is 1.51. The summed E-state index contributed by atoms with van der Waals surface area (Å²) in [5, 5.41) is 3.61. The monoisotopic (exact) mass is 244 g/mol. The Morgan fingerprint density at radius 1 is 1.22 bits per heavy atom. The average molecular weight is 244 g/mol. The van der Waals surface area contributed by atoms with Crippen molar-refractivity contribution in [2.45, 2.75) is 56.9 Å². The van der Waals surface area contributed by atoms with Gasteiger partial charge in [-0.05, 0) is 56.7 Å². The molecule has 0 aliphatic heterocycles. The summed E-state index contributed by atoms with van der Waals surface area (Å²) >= 11 is 0. The Kier molecular flexibility index (Phi) is 3.64. The smallest absolute Gasteiger partial charge is 0.0482 e. The SMILES string of the molecule is CNC(C1CCCC1)C1CCCc2cccnc21. The largest absolute Gasteiger partial charge is 0.316 e. The Morgan fingerprint density at radius 3 is 2.83 bits per heavy atom. The van der Waals surface area contributed by atoms with Crippen molar-refractivity contribution < 1.29 is 0 Å². The highest BCUT2D eigenvalue weighted by Crippen LogP contribution is 2.39. The van der Waals surface area contributed by atoms with Crippen LogP contribution in [0, 0.1) is 5.92 Å². The molecule has 18 heavy (non-hydrogen) atoms. The van der Waals surface area contributed by atoms with Gasteiger partial charge in [-0.3, -0.25) is 4.98 Å². The van der Waals surface area contributed by atoms with Gasteiger partial charge in [-0.25, -0.2) is 0 Å². The molecule has 2 atom stereocenters. The van der Waals surface area contributed by atoms with Crippen molar-refractivity contribution in [1.29, 1.82) is 0 Å². The molecule has 0 radical (unpaired) electrons. The molecule has 0 spiro atoms. The number of pyridine rings is 1. The minimum atomic E-state index is 0.640. The molecule has 0 amide bonds. The molecular weight excluding hydrogens is 220 g/mol. The van der Waals surface area contributed by atoms with Crippen molar-refractivity contribution in [2.24, 2.45) is 5.92 Å². The van der Waals surface area contributed by atoms with Crippen LogP contribution in [0.25, 0.3) is 0 Å². The molecule has 1 saturated carbocycles. The van der Waals surface area contributed by atoms with E-state index in [0.29, 0.717) is 12.0 Å². The Hall–Kier alpha value is -0.890. The van der Waals surface area contributed by atoms with Crippen molar-refractivity contribution >= 4 is 0 Å². The van der Waals surface area contributed by atoms with E-state index >= 15 is 0 Å². The van der Waals surface area contributed by atoms with E-state index in [9.17, 15) is 0 Å². The highest BCUT2D eigenvalue weighted by atomic mass is 14.9. The minimum absolute atomic E-state index is 0.640. The van der Waals surface area contributed by atoms with E-state index in [1.165, 1.54) is 56.2 Å². The maximum atomic E-state index is 4.70. The lowest BCUT2D eigenvalue weighted by molar-refractivity contribution is 0.300. The van der Waals surface area contributed by atoms with E-state index in [-0.39, 0.29) is 0 Å². The number of nitrogens with one attached hydrogen (secondary N) is 1. The third-order valence-corrected chi connectivity index (χ3v) is 4.91. The fourth-order valence-corrected chi connectivity index (χ4v) is 4.08. The van der Waals surface area contributed by atoms with E-state index in [0.717, 1.165) is 5.92 Å². The van der Waals surface area contributed by atoms with E-state index < -0.39 is 0 Å². The molecule has 2 aliphatic carbocycles. The van der Waals surface area contributed by atoms with Crippen LogP contribution in [0.1, 0.15) is 55.7 Å². The summed E-state index contributed by atoms with van der Waals surface area (Å²) < 4.78 is 0. The maximum absolute atomic E-state index is 4.70. The van der Waals surface area contributed by atoms with Crippen LogP contribution in [-0.2, 0) is 6.42 Å². The molecule has 1 heterocycles. The van der Waals surface area contributed by atoms with Gasteiger partial charge < -0.3 is 5.32 Å². The lowest BCUT2D eigenvalue weighted by Gasteiger charge is -2.34. The van der Waals surface area contributed by atoms with Gasteiger partial charge in [0.25, 0.3) is 0 Å². The third-order valence-electron chi connectivity index (χ3n) is 4.91. The highest BCUT2D eigenvalue weighted by molar-refractivity contribution is 5.27. The number of aryl methyl sites for hydroxylation is 1. The number of nitrogens with zero attached hydrogens (tertiary/aromatic N) is 1. The van der Waals surface area contributed by atoms with Gasteiger partial charge in [0.15, 0.2) is 0 Å². The molecule has 2 heteroatoms. The molecule has 0 bridgehead atoms. The van der Waals surface area contributed by atoms with Gasteiger partial charge in [0.2, 0.25) is 0 Å². The topological polar surface area (TPSA) is 24.9 Å². The molecule has 0 aromatic carbocycles. The number of likely N-dealkylation sites (N-methyl/N-ethyl adjacent to an activating group) is 1. The maximum Gasteiger partial charge on any atom is 0.0482 e. The molecule has 1 fully saturated rings. The molecule has 2 nitrogen and oxygen atoms in total. The van der Waals surface area contributed by atoms with Crippen LogP contribution in [-0.4, -0.2) is 18.1 Å². The first-order valence-electron chi connectivity index (χ1n) is 7.51. The Labute approximate surface area is 110 Å². The van der Waals surface area contributed by atoms with Gasteiger partial charge in [0.05, 0.1) is 0 Å². The molecule has 1 N–H and O–H groups in total. The predicted molar refractivity (Wildman–Crippen MR) is 74.7 cm³/mol. The summed E-state index contributed by atoms with van der Waals surface area (Å²) in [6, 6.07) is 5.00. The number of rotatable bonds is 3. The van der Waals surface area contributed by atoms with E-state index in [1.807, 2.05) is 6.20 Å². The molecule has 2 unspecified atom stereocenters. The van der Waals surface area contributed by atoms with Crippen molar-refractivity contribution in [3.63, 3.8) is 0 Å². The van der Waals surface area contributed by atoms with Gasteiger partial charge in [-0.2, -0.15) is 0 Å². The fourth-order valence-electron chi connectivity index (χ4n) is 4.08. The molecule has 98 valence electrons. The molecule has 2 aliphatic rings. The molecule has 3 rings (SSSR count). The number of hydrogen-bond acceptors (Lipinski definition) is 2. The van der Waals surface area contributed by atoms with Crippen molar-refractivity contribution in [3.05, 3.63) is 29.6 Å². The van der Waals surface area contributed by atoms with Crippen molar-refractivity contribution in [3.8, 4) is 0 Å². The standard InChI is InChI=1S/C16H24N2/c1-17-15(12-6-2-3-7-12)14-10-4-8-13-9-5-11-18-16(13)14/h5,9,11-12,14-15,17H,2-4,6-8,10H2,1H3. The summed E-state index contributed by atoms with van der Waals surface area (Å²) in [4.78, 5) is 4.70. The summed E-state index contributed by atoms with van der Waals surface area (Å²) in [6.45, 7) is 0. The Bertz CT molecular complexity index is 396. The van der Waals surface area contributed by atoms with Crippen LogP contribution in [0.2, 0.25) is 0 Å². The average Bonchev–Trinajstić information content (AvgIpc) is 2.94. The summed E-state index contributed by atoms with van der Waals surface area (Å²) in [7, 11) is 2.14. The van der Waals surface area contributed by atoms with Crippen LogP contribution in [0.15, 0.2) is 18.3 Å². The molecular formula is C16H24N2. The zero-order valence-electron chi connectivity index (χ0n) is 11.4. The zero-order valence-corrected chi connectivity index (χ0v) is 11.4. The number of fused-ring (bicyclic) bond motifs is 1. The van der Waals surface area contributed by atoms with Crippen LogP contribution < -0.4 is 5.32 Å². The first-order chi connectivity index (χ1) is 8.90. The fraction of sp³-hybridized carbons (Fsp3) is 0.688. The summed E-state index contributed by atoms with van der Waals surface area (Å²) in [5.41, 5.74) is 2.88. The Balaban J connectivity index is 1.87. The van der Waals surface area contributed by atoms with E-state index in [4.69, 9.17) is 4.98 Å². The lowest BCUT2D eigenvalue weighted by atomic mass is 9.77. The van der Waals surface area contributed by atoms with Gasteiger partial charge in [0.1, 0.15) is 0 Å². The molecule has 1 aromatic heterocycles. The molecule has 1 aromatic rings. The van der Waals surface area contributed by atoms with E-state index in [2.05, 4.69) is 24.5 Å². The van der Waals surface area contributed by atoms with Crippen molar-refractivity contribution in [1.82, 2.24) is 10.3 Å².